The highest BCUT2D eigenvalue weighted by Gasteiger charge is 2.06. The van der Waals surface area contributed by atoms with E-state index in [2.05, 4.69) is 26.8 Å². The Kier molecular flexibility index (Phi) is 2.33. The molecule has 0 radical (unpaired) electrons. The minimum atomic E-state index is 0.734. The zero-order valence-corrected chi connectivity index (χ0v) is 10.5. The molecular weight excluding hydrogens is 232 g/mol. The maximum absolute atomic E-state index is 4.53. The summed E-state index contributed by atoms with van der Waals surface area (Å²) in [6.45, 7) is 0. The molecule has 3 rings (SSSR count). The van der Waals surface area contributed by atoms with Crippen LogP contribution in [0.1, 0.15) is 0 Å². The molecule has 0 fully saturated rings. The molecule has 0 atom stereocenters. The van der Waals surface area contributed by atoms with Gasteiger partial charge in [0.2, 0.25) is 5.78 Å². The van der Waals surface area contributed by atoms with Gasteiger partial charge in [-0.3, -0.25) is 4.40 Å². The lowest BCUT2D eigenvalue weighted by Crippen LogP contribution is -2.10. The average Bonchev–Trinajstić information content (AvgIpc) is 2.96. The van der Waals surface area contributed by atoms with E-state index in [0.717, 1.165) is 22.9 Å². The fourth-order valence-electron chi connectivity index (χ4n) is 1.66. The third-order valence-electron chi connectivity index (χ3n) is 2.59. The molecule has 0 aliphatic rings. The van der Waals surface area contributed by atoms with Gasteiger partial charge in [-0.1, -0.05) is 0 Å². The number of hydrogen-bond donors (Lipinski definition) is 0. The summed E-state index contributed by atoms with van der Waals surface area (Å²) >= 11 is 1.67. The normalized spacial score (nSPS) is 10.9. The van der Waals surface area contributed by atoms with Crippen molar-refractivity contribution in [2.45, 2.75) is 0 Å². The van der Waals surface area contributed by atoms with Crippen molar-refractivity contribution >= 4 is 22.9 Å². The van der Waals surface area contributed by atoms with Gasteiger partial charge in [0.15, 0.2) is 0 Å². The molecule has 5 heteroatoms. The zero-order chi connectivity index (χ0) is 11.8. The summed E-state index contributed by atoms with van der Waals surface area (Å²) in [5, 5.41) is 4.15. The van der Waals surface area contributed by atoms with Crippen LogP contribution in [-0.4, -0.2) is 28.5 Å². The van der Waals surface area contributed by atoms with Crippen LogP contribution in [-0.2, 0) is 0 Å². The number of aromatic nitrogens is 3. The van der Waals surface area contributed by atoms with Crippen LogP contribution < -0.4 is 4.90 Å². The first-order chi connectivity index (χ1) is 8.24. The van der Waals surface area contributed by atoms with Crippen LogP contribution in [0.25, 0.3) is 17.0 Å². The van der Waals surface area contributed by atoms with Gasteiger partial charge >= 0.3 is 0 Å². The SMILES string of the molecule is CN(C)c1ccn2cc(-c3ccsc3)nc2n1. The van der Waals surface area contributed by atoms with E-state index < -0.39 is 0 Å². The predicted octanol–water partition coefficient (Wildman–Crippen LogP) is 2.52. The van der Waals surface area contributed by atoms with E-state index >= 15 is 0 Å². The first-order valence-corrected chi connectivity index (χ1v) is 6.24. The Balaban J connectivity index is 2.13. The third kappa shape index (κ3) is 1.78. The Bertz CT molecular complexity index is 640. The second-order valence-electron chi connectivity index (χ2n) is 4.03. The van der Waals surface area contributed by atoms with E-state index in [0.29, 0.717) is 0 Å². The van der Waals surface area contributed by atoms with Crippen molar-refractivity contribution in [2.75, 3.05) is 19.0 Å². The van der Waals surface area contributed by atoms with E-state index in [1.165, 1.54) is 0 Å². The van der Waals surface area contributed by atoms with E-state index in [9.17, 15) is 0 Å². The van der Waals surface area contributed by atoms with Crippen LogP contribution in [0.2, 0.25) is 0 Å². The lowest BCUT2D eigenvalue weighted by atomic mass is 10.3. The number of thiophene rings is 1. The topological polar surface area (TPSA) is 33.4 Å². The highest BCUT2D eigenvalue weighted by molar-refractivity contribution is 7.08. The van der Waals surface area contributed by atoms with Crippen molar-refractivity contribution < 1.29 is 0 Å². The summed E-state index contributed by atoms with van der Waals surface area (Å²) in [6.07, 6.45) is 3.99. The van der Waals surface area contributed by atoms with Gasteiger partial charge in [0, 0.05) is 37.4 Å². The Morgan fingerprint density at radius 3 is 2.82 bits per heavy atom. The molecule has 0 N–H and O–H groups in total. The van der Waals surface area contributed by atoms with Gasteiger partial charge in [-0.15, -0.1) is 0 Å². The first kappa shape index (κ1) is 10.3. The maximum Gasteiger partial charge on any atom is 0.236 e. The van der Waals surface area contributed by atoms with Crippen molar-refractivity contribution in [1.82, 2.24) is 14.4 Å². The number of anilines is 1. The highest BCUT2D eigenvalue weighted by Crippen LogP contribution is 2.21. The number of nitrogens with zero attached hydrogens (tertiary/aromatic N) is 4. The first-order valence-electron chi connectivity index (χ1n) is 5.30. The van der Waals surface area contributed by atoms with Crippen LogP contribution in [0.15, 0.2) is 35.3 Å². The van der Waals surface area contributed by atoms with Gasteiger partial charge in [0.25, 0.3) is 0 Å². The van der Waals surface area contributed by atoms with E-state index in [-0.39, 0.29) is 0 Å². The fourth-order valence-corrected chi connectivity index (χ4v) is 2.31. The Morgan fingerprint density at radius 2 is 2.12 bits per heavy atom. The molecule has 3 aromatic rings. The van der Waals surface area contributed by atoms with Gasteiger partial charge in [-0.25, -0.2) is 4.98 Å². The number of fused-ring (bicyclic) bond motifs is 1. The molecule has 0 saturated heterocycles. The van der Waals surface area contributed by atoms with Gasteiger partial charge in [-0.05, 0) is 17.5 Å². The molecule has 0 bridgehead atoms. The largest absolute Gasteiger partial charge is 0.363 e. The molecule has 0 aromatic carbocycles. The van der Waals surface area contributed by atoms with E-state index in [4.69, 9.17) is 0 Å². The number of rotatable bonds is 2. The fraction of sp³-hybridized carbons (Fsp3) is 0.167. The molecule has 0 aliphatic heterocycles. The molecule has 4 nitrogen and oxygen atoms in total. The van der Waals surface area contributed by atoms with Gasteiger partial charge < -0.3 is 4.90 Å². The van der Waals surface area contributed by atoms with Crippen molar-refractivity contribution in [1.29, 1.82) is 0 Å². The highest BCUT2D eigenvalue weighted by atomic mass is 32.1. The Hall–Kier alpha value is -1.88. The monoisotopic (exact) mass is 244 g/mol. The molecule has 0 amide bonds. The third-order valence-corrected chi connectivity index (χ3v) is 3.27. The van der Waals surface area contributed by atoms with Crippen molar-refractivity contribution in [3.63, 3.8) is 0 Å². The quantitative estimate of drug-likeness (QED) is 0.694. The summed E-state index contributed by atoms with van der Waals surface area (Å²) in [6, 6.07) is 4.05. The molecule has 0 aliphatic carbocycles. The van der Waals surface area contributed by atoms with Crippen LogP contribution in [0, 0.1) is 0 Å². The Morgan fingerprint density at radius 1 is 1.24 bits per heavy atom. The summed E-state index contributed by atoms with van der Waals surface area (Å²) in [7, 11) is 3.95. The number of hydrogen-bond acceptors (Lipinski definition) is 4. The molecule has 0 saturated carbocycles. The lowest BCUT2D eigenvalue weighted by Gasteiger charge is -2.09. The summed E-state index contributed by atoms with van der Waals surface area (Å²) in [5.74, 6) is 1.65. The van der Waals surface area contributed by atoms with Crippen LogP contribution in [0.3, 0.4) is 0 Å². The predicted molar refractivity (Wildman–Crippen MR) is 70.6 cm³/mol. The van der Waals surface area contributed by atoms with E-state index in [1.54, 1.807) is 11.3 Å². The molecule has 0 spiro atoms. The van der Waals surface area contributed by atoms with Crippen molar-refractivity contribution in [3.05, 3.63) is 35.3 Å². The number of imidazole rings is 1. The molecule has 3 heterocycles. The van der Waals surface area contributed by atoms with Crippen LogP contribution >= 0.6 is 11.3 Å². The van der Waals surface area contributed by atoms with Gasteiger partial charge in [0.1, 0.15) is 5.82 Å². The van der Waals surface area contributed by atoms with E-state index in [1.807, 2.05) is 41.9 Å². The molecule has 0 unspecified atom stereocenters. The average molecular weight is 244 g/mol. The Labute approximate surface area is 103 Å². The van der Waals surface area contributed by atoms with Crippen LogP contribution in [0.4, 0.5) is 5.82 Å². The van der Waals surface area contributed by atoms with Gasteiger partial charge in [-0.2, -0.15) is 16.3 Å². The minimum absolute atomic E-state index is 0.734. The molecule has 3 aromatic heterocycles. The lowest BCUT2D eigenvalue weighted by molar-refractivity contribution is 1.03. The van der Waals surface area contributed by atoms with Crippen molar-refractivity contribution in [3.8, 4) is 11.3 Å². The summed E-state index contributed by atoms with van der Waals surface area (Å²) in [5.41, 5.74) is 2.11. The zero-order valence-electron chi connectivity index (χ0n) is 9.66. The second kappa shape index (κ2) is 3.85. The maximum atomic E-state index is 4.53. The van der Waals surface area contributed by atoms with Crippen molar-refractivity contribution in [2.24, 2.45) is 0 Å². The van der Waals surface area contributed by atoms with Crippen LogP contribution in [0.5, 0.6) is 0 Å². The second-order valence-corrected chi connectivity index (χ2v) is 4.81. The van der Waals surface area contributed by atoms with Gasteiger partial charge in [0.05, 0.1) is 5.69 Å². The summed E-state index contributed by atoms with van der Waals surface area (Å²) < 4.78 is 1.94. The summed E-state index contributed by atoms with van der Waals surface area (Å²) in [4.78, 5) is 11.0. The standard InChI is InChI=1S/C12H12N4S/c1-15(2)11-3-5-16-7-10(13-12(16)14-11)9-4-6-17-8-9/h3-8H,1-2H3. The smallest absolute Gasteiger partial charge is 0.236 e. The molecular formula is C12H12N4S. The minimum Gasteiger partial charge on any atom is -0.363 e. The molecule has 86 valence electrons. The molecule has 17 heavy (non-hydrogen) atoms.